The first kappa shape index (κ1) is 31.5. The number of fused-ring (bicyclic) bond motifs is 1. The topological polar surface area (TPSA) is 99.5 Å². The highest BCUT2D eigenvalue weighted by molar-refractivity contribution is 7.89. The Morgan fingerprint density at radius 1 is 1.12 bits per heavy atom. The van der Waals surface area contributed by atoms with Crippen LogP contribution in [-0.2, 0) is 16.6 Å². The molecule has 0 unspecified atom stereocenters. The standard InChI is InChI=1S/C33H40N2O6S/c1-23-19-35(24(2)22-36)42(38,39)33-17-14-26(11-10-25(3)37)18-31(33)41-32(23)21-34(4)20-27-12-15-28(16-13-27)29-8-6-7-9-30(29)40-5/h6-9,12-18,23-25,32,36-37H,19-22H2,1-5H3/t23-,24-,25+,32-/m0/s1. The molecular formula is C33H40N2O6S. The molecule has 1 heterocycles. The number of para-hydroxylation sites is 1. The summed E-state index contributed by atoms with van der Waals surface area (Å²) < 4.78 is 40.7. The summed E-state index contributed by atoms with van der Waals surface area (Å²) in [6.07, 6.45) is -1.16. The summed E-state index contributed by atoms with van der Waals surface area (Å²) in [5.41, 5.74) is 3.77. The predicted octanol–water partition coefficient (Wildman–Crippen LogP) is 4.00. The summed E-state index contributed by atoms with van der Waals surface area (Å²) in [7, 11) is -0.257. The van der Waals surface area contributed by atoms with Crippen molar-refractivity contribution in [3.63, 3.8) is 0 Å². The molecule has 4 atom stereocenters. The van der Waals surface area contributed by atoms with Gasteiger partial charge in [-0.2, -0.15) is 4.31 Å². The quantitative estimate of drug-likeness (QED) is 0.382. The summed E-state index contributed by atoms with van der Waals surface area (Å²) >= 11 is 0. The number of rotatable bonds is 8. The lowest BCUT2D eigenvalue weighted by Crippen LogP contribution is -2.49. The third-order valence-electron chi connectivity index (χ3n) is 7.41. The van der Waals surface area contributed by atoms with Crippen molar-refractivity contribution in [2.24, 2.45) is 5.92 Å². The zero-order valence-electron chi connectivity index (χ0n) is 24.8. The average Bonchev–Trinajstić information content (AvgIpc) is 2.97. The van der Waals surface area contributed by atoms with E-state index in [1.54, 1.807) is 33.1 Å². The molecular weight excluding hydrogens is 552 g/mol. The van der Waals surface area contributed by atoms with E-state index in [1.165, 1.54) is 10.4 Å². The first-order chi connectivity index (χ1) is 20.0. The van der Waals surface area contributed by atoms with Gasteiger partial charge < -0.3 is 19.7 Å². The van der Waals surface area contributed by atoms with Crippen molar-refractivity contribution in [3.05, 3.63) is 77.9 Å². The second-order valence-corrected chi connectivity index (χ2v) is 12.8. The van der Waals surface area contributed by atoms with E-state index in [0.717, 1.165) is 22.4 Å². The molecule has 1 aliphatic heterocycles. The Balaban J connectivity index is 1.59. The number of nitrogens with zero attached hydrogens (tertiary/aromatic N) is 2. The Hall–Kier alpha value is -3.39. The van der Waals surface area contributed by atoms with E-state index >= 15 is 0 Å². The van der Waals surface area contributed by atoms with E-state index in [1.807, 2.05) is 38.2 Å². The SMILES string of the molecule is COc1ccccc1-c1ccc(CN(C)C[C@@H]2Oc3cc(C#C[C@@H](C)O)ccc3S(=O)(=O)N([C@@H](C)CO)C[C@@H]2C)cc1. The fraction of sp³-hybridized carbons (Fsp3) is 0.394. The van der Waals surface area contributed by atoms with Gasteiger partial charge in [-0.1, -0.05) is 61.2 Å². The second-order valence-electron chi connectivity index (χ2n) is 10.9. The van der Waals surface area contributed by atoms with E-state index < -0.39 is 22.2 Å². The van der Waals surface area contributed by atoms with E-state index in [4.69, 9.17) is 9.47 Å². The normalized spacial score (nSPS) is 19.8. The van der Waals surface area contributed by atoms with Gasteiger partial charge in [0, 0.05) is 42.7 Å². The van der Waals surface area contributed by atoms with Crippen LogP contribution in [-0.4, -0.2) is 79.9 Å². The Kier molecular flexibility index (Phi) is 10.3. The highest BCUT2D eigenvalue weighted by atomic mass is 32.2. The Bertz CT molecular complexity index is 1530. The minimum absolute atomic E-state index is 0.0388. The maximum absolute atomic E-state index is 13.7. The summed E-state index contributed by atoms with van der Waals surface area (Å²) in [5, 5.41) is 19.5. The number of ether oxygens (including phenoxy) is 2. The molecule has 0 fully saturated rings. The van der Waals surface area contributed by atoms with Crippen LogP contribution in [0.1, 0.15) is 31.9 Å². The number of benzene rings is 3. The molecule has 0 spiro atoms. The minimum atomic E-state index is -3.94. The predicted molar refractivity (Wildman–Crippen MR) is 164 cm³/mol. The van der Waals surface area contributed by atoms with Crippen LogP contribution in [0, 0.1) is 17.8 Å². The van der Waals surface area contributed by atoms with Gasteiger partial charge in [0.15, 0.2) is 0 Å². The monoisotopic (exact) mass is 592 g/mol. The van der Waals surface area contributed by atoms with Gasteiger partial charge in [-0.15, -0.1) is 0 Å². The molecule has 0 radical (unpaired) electrons. The number of methoxy groups -OCH3 is 1. The lowest BCUT2D eigenvalue weighted by Gasteiger charge is -2.37. The van der Waals surface area contributed by atoms with Gasteiger partial charge in [-0.3, -0.25) is 4.90 Å². The Labute approximate surface area is 249 Å². The fourth-order valence-corrected chi connectivity index (χ4v) is 6.89. The van der Waals surface area contributed by atoms with Crippen molar-refractivity contribution < 1.29 is 28.1 Å². The highest BCUT2D eigenvalue weighted by Crippen LogP contribution is 2.34. The van der Waals surface area contributed by atoms with Gasteiger partial charge in [0.05, 0.1) is 13.7 Å². The molecule has 3 aromatic carbocycles. The number of hydrogen-bond acceptors (Lipinski definition) is 7. The van der Waals surface area contributed by atoms with Crippen LogP contribution in [0.25, 0.3) is 11.1 Å². The molecule has 0 bridgehead atoms. The van der Waals surface area contributed by atoms with E-state index in [-0.39, 0.29) is 35.8 Å². The van der Waals surface area contributed by atoms with Crippen LogP contribution in [0.2, 0.25) is 0 Å². The third kappa shape index (κ3) is 7.33. The van der Waals surface area contributed by atoms with Gasteiger partial charge in [0.1, 0.15) is 28.6 Å². The molecule has 0 saturated heterocycles. The number of sulfonamides is 1. The maximum Gasteiger partial charge on any atom is 0.247 e. The molecule has 0 aromatic heterocycles. The number of hydrogen-bond donors (Lipinski definition) is 2. The first-order valence-electron chi connectivity index (χ1n) is 14.1. The summed E-state index contributed by atoms with van der Waals surface area (Å²) in [4.78, 5) is 2.20. The molecule has 8 nitrogen and oxygen atoms in total. The smallest absolute Gasteiger partial charge is 0.247 e. The molecule has 224 valence electrons. The summed E-state index contributed by atoms with van der Waals surface area (Å²) in [6, 6.07) is 20.4. The van der Waals surface area contributed by atoms with Gasteiger partial charge in [-0.05, 0) is 56.3 Å². The Morgan fingerprint density at radius 3 is 2.50 bits per heavy atom. The van der Waals surface area contributed by atoms with Crippen molar-refractivity contribution in [2.45, 2.75) is 50.5 Å². The van der Waals surface area contributed by atoms with Crippen LogP contribution in [0.4, 0.5) is 0 Å². The van der Waals surface area contributed by atoms with E-state index in [2.05, 4.69) is 41.0 Å². The average molecular weight is 593 g/mol. The fourth-order valence-electron chi connectivity index (χ4n) is 5.07. The summed E-state index contributed by atoms with van der Waals surface area (Å²) in [5.74, 6) is 6.44. The molecule has 0 saturated carbocycles. The van der Waals surface area contributed by atoms with Crippen LogP contribution >= 0.6 is 0 Å². The second kappa shape index (κ2) is 13.7. The first-order valence-corrected chi connectivity index (χ1v) is 15.5. The maximum atomic E-state index is 13.7. The number of likely N-dealkylation sites (N-methyl/N-ethyl adjacent to an activating group) is 1. The lowest BCUT2D eigenvalue weighted by atomic mass is 10.0. The van der Waals surface area contributed by atoms with Crippen LogP contribution in [0.15, 0.2) is 71.6 Å². The van der Waals surface area contributed by atoms with Crippen molar-refractivity contribution in [3.8, 4) is 34.5 Å². The molecule has 9 heteroatoms. The molecule has 1 aliphatic rings. The van der Waals surface area contributed by atoms with Gasteiger partial charge in [0.25, 0.3) is 0 Å². The lowest BCUT2D eigenvalue weighted by molar-refractivity contribution is 0.0733. The number of aliphatic hydroxyl groups excluding tert-OH is 2. The molecule has 0 aliphatic carbocycles. The van der Waals surface area contributed by atoms with Gasteiger partial charge >= 0.3 is 0 Å². The van der Waals surface area contributed by atoms with E-state index in [9.17, 15) is 18.6 Å². The summed E-state index contributed by atoms with van der Waals surface area (Å²) in [6.45, 7) is 6.35. The largest absolute Gasteiger partial charge is 0.496 e. The number of aliphatic hydroxyl groups is 2. The van der Waals surface area contributed by atoms with E-state index in [0.29, 0.717) is 18.7 Å². The van der Waals surface area contributed by atoms with Crippen molar-refractivity contribution in [2.75, 3.05) is 33.9 Å². The molecule has 42 heavy (non-hydrogen) atoms. The van der Waals surface area contributed by atoms with Gasteiger partial charge in [0.2, 0.25) is 10.0 Å². The van der Waals surface area contributed by atoms with Crippen LogP contribution < -0.4 is 9.47 Å². The van der Waals surface area contributed by atoms with Crippen molar-refractivity contribution >= 4 is 10.0 Å². The zero-order valence-corrected chi connectivity index (χ0v) is 25.6. The minimum Gasteiger partial charge on any atom is -0.496 e. The van der Waals surface area contributed by atoms with Crippen LogP contribution in [0.5, 0.6) is 11.5 Å². The highest BCUT2D eigenvalue weighted by Gasteiger charge is 2.38. The third-order valence-corrected chi connectivity index (χ3v) is 9.43. The molecule has 3 aromatic rings. The molecule has 2 N–H and O–H groups in total. The van der Waals surface area contributed by atoms with Crippen molar-refractivity contribution in [1.82, 2.24) is 9.21 Å². The molecule has 0 amide bonds. The Morgan fingerprint density at radius 2 is 1.83 bits per heavy atom. The molecule has 4 rings (SSSR count). The van der Waals surface area contributed by atoms with Gasteiger partial charge in [-0.25, -0.2) is 8.42 Å². The van der Waals surface area contributed by atoms with Crippen molar-refractivity contribution in [1.29, 1.82) is 0 Å². The zero-order chi connectivity index (χ0) is 30.4. The van der Waals surface area contributed by atoms with Crippen LogP contribution in [0.3, 0.4) is 0 Å².